The molecule has 0 aromatic carbocycles. The molecule has 1 heterocycles. The van der Waals surface area contributed by atoms with E-state index in [2.05, 4.69) is 25.7 Å². The Labute approximate surface area is 109 Å². The Hall–Kier alpha value is -1.49. The predicted molar refractivity (Wildman–Crippen MR) is 59.4 cm³/mol. The summed E-state index contributed by atoms with van der Waals surface area (Å²) in [5.74, 6) is -0.870. The van der Waals surface area contributed by atoms with Crippen molar-refractivity contribution in [2.24, 2.45) is 0 Å². The highest BCUT2D eigenvalue weighted by molar-refractivity contribution is 9.08. The molecule has 98 valence electrons. The average Bonchev–Trinajstić information content (AvgIpc) is 2.28. The van der Waals surface area contributed by atoms with Crippen LogP contribution >= 0.6 is 15.9 Å². The van der Waals surface area contributed by atoms with Gasteiger partial charge in [0.2, 0.25) is 0 Å². The van der Waals surface area contributed by atoms with Gasteiger partial charge in [-0.3, -0.25) is 0 Å². The van der Waals surface area contributed by atoms with Crippen molar-refractivity contribution < 1.29 is 22.6 Å². The number of alkyl halides is 4. The van der Waals surface area contributed by atoms with Crippen LogP contribution in [-0.4, -0.2) is 18.5 Å². The molecule has 0 unspecified atom stereocenters. The molecular formula is C10H8BrF3N2O2. The summed E-state index contributed by atoms with van der Waals surface area (Å²) in [5.41, 5.74) is 0.897. The highest BCUT2D eigenvalue weighted by atomic mass is 79.9. The van der Waals surface area contributed by atoms with E-state index in [1.807, 2.05) is 6.07 Å². The zero-order chi connectivity index (χ0) is 13.8. The molecule has 0 atom stereocenters. The molecule has 1 rings (SSSR count). The van der Waals surface area contributed by atoms with Crippen LogP contribution in [0.25, 0.3) is 0 Å². The van der Waals surface area contributed by atoms with Gasteiger partial charge in [0.05, 0.1) is 19.6 Å². The van der Waals surface area contributed by atoms with Gasteiger partial charge in [-0.1, -0.05) is 15.9 Å². The van der Waals surface area contributed by atoms with Crippen LogP contribution in [0.2, 0.25) is 0 Å². The van der Waals surface area contributed by atoms with E-state index in [4.69, 9.17) is 10.00 Å². The van der Waals surface area contributed by atoms with Crippen molar-refractivity contribution in [3.8, 4) is 17.7 Å². The lowest BCUT2D eigenvalue weighted by atomic mass is 10.1. The Morgan fingerprint density at radius 3 is 2.61 bits per heavy atom. The van der Waals surface area contributed by atoms with E-state index in [9.17, 15) is 13.2 Å². The summed E-state index contributed by atoms with van der Waals surface area (Å²) in [6.07, 6.45) is -3.74. The Balaban J connectivity index is 3.29. The Kier molecular flexibility index (Phi) is 4.78. The molecule has 0 bridgehead atoms. The summed E-state index contributed by atoms with van der Waals surface area (Å²) in [6, 6.07) is 1.86. The zero-order valence-corrected chi connectivity index (χ0v) is 10.8. The van der Waals surface area contributed by atoms with Crippen LogP contribution in [0.5, 0.6) is 11.6 Å². The van der Waals surface area contributed by atoms with Crippen LogP contribution in [0.3, 0.4) is 0 Å². The van der Waals surface area contributed by atoms with Crippen molar-refractivity contribution >= 4 is 15.9 Å². The number of hydrogen-bond acceptors (Lipinski definition) is 4. The minimum Gasteiger partial charge on any atom is -0.491 e. The molecule has 0 fully saturated rings. The van der Waals surface area contributed by atoms with E-state index in [1.165, 1.54) is 13.3 Å². The molecule has 0 saturated heterocycles. The second-order valence-corrected chi connectivity index (χ2v) is 3.68. The summed E-state index contributed by atoms with van der Waals surface area (Å²) in [4.78, 5) is 3.54. The molecule has 0 amide bonds. The molecule has 18 heavy (non-hydrogen) atoms. The van der Waals surface area contributed by atoms with Crippen LogP contribution in [-0.2, 0) is 11.8 Å². The first-order valence-corrected chi connectivity index (χ1v) is 5.78. The molecule has 1 aromatic heterocycles. The van der Waals surface area contributed by atoms with Crippen molar-refractivity contribution in [1.29, 1.82) is 5.26 Å². The maximum Gasteiger partial charge on any atom is 0.574 e. The second-order valence-electron chi connectivity index (χ2n) is 3.12. The second kappa shape index (κ2) is 5.91. The van der Waals surface area contributed by atoms with E-state index in [0.29, 0.717) is 16.5 Å². The van der Waals surface area contributed by atoms with Crippen LogP contribution in [0.15, 0.2) is 6.20 Å². The number of aromatic nitrogens is 1. The van der Waals surface area contributed by atoms with E-state index >= 15 is 0 Å². The zero-order valence-electron chi connectivity index (χ0n) is 9.21. The molecule has 0 N–H and O–H groups in total. The summed E-state index contributed by atoms with van der Waals surface area (Å²) >= 11 is 3.16. The number of nitriles is 1. The Morgan fingerprint density at radius 2 is 2.17 bits per heavy atom. The van der Waals surface area contributed by atoms with Gasteiger partial charge >= 0.3 is 6.36 Å². The first-order valence-electron chi connectivity index (χ1n) is 4.66. The number of methoxy groups -OCH3 is 1. The summed E-state index contributed by atoms with van der Waals surface area (Å²) in [5, 5.41) is 9.03. The summed E-state index contributed by atoms with van der Waals surface area (Å²) in [7, 11) is 1.19. The number of halogens is 4. The number of ether oxygens (including phenoxy) is 2. The lowest BCUT2D eigenvalue weighted by Crippen LogP contribution is -2.19. The summed E-state index contributed by atoms with van der Waals surface area (Å²) < 4.78 is 45.1. The van der Waals surface area contributed by atoms with Gasteiger partial charge in [0.25, 0.3) is 5.88 Å². The van der Waals surface area contributed by atoms with Crippen LogP contribution in [0, 0.1) is 11.3 Å². The Bertz CT molecular complexity index is 471. The van der Waals surface area contributed by atoms with Crippen molar-refractivity contribution in [3.05, 3.63) is 17.3 Å². The van der Waals surface area contributed by atoms with Crippen LogP contribution in [0.4, 0.5) is 13.2 Å². The molecule has 1 aromatic rings. The van der Waals surface area contributed by atoms with Gasteiger partial charge in [-0.15, -0.1) is 13.2 Å². The van der Waals surface area contributed by atoms with Crippen molar-refractivity contribution in [2.75, 3.05) is 7.11 Å². The van der Waals surface area contributed by atoms with Gasteiger partial charge in [-0.25, -0.2) is 4.98 Å². The molecule has 8 heteroatoms. The monoisotopic (exact) mass is 324 g/mol. The SMILES string of the molecule is COc1c(OC(F)(F)F)ncc(CBr)c1CC#N. The molecule has 0 aliphatic carbocycles. The largest absolute Gasteiger partial charge is 0.574 e. The molecular weight excluding hydrogens is 317 g/mol. The predicted octanol–water partition coefficient (Wildman–Crippen LogP) is 2.95. The number of nitrogens with zero attached hydrogens (tertiary/aromatic N) is 2. The third kappa shape index (κ3) is 3.50. The number of rotatable bonds is 4. The third-order valence-corrected chi connectivity index (χ3v) is 2.61. The van der Waals surface area contributed by atoms with Crippen molar-refractivity contribution in [2.45, 2.75) is 18.1 Å². The maximum atomic E-state index is 12.2. The van der Waals surface area contributed by atoms with Gasteiger partial charge in [-0.2, -0.15) is 5.26 Å². The average molecular weight is 325 g/mol. The van der Waals surface area contributed by atoms with E-state index in [1.54, 1.807) is 0 Å². The van der Waals surface area contributed by atoms with Gasteiger partial charge < -0.3 is 9.47 Å². The van der Waals surface area contributed by atoms with Gasteiger partial charge in [-0.05, 0) is 5.56 Å². The Morgan fingerprint density at radius 1 is 1.50 bits per heavy atom. The fraction of sp³-hybridized carbons (Fsp3) is 0.400. The topological polar surface area (TPSA) is 55.1 Å². The summed E-state index contributed by atoms with van der Waals surface area (Å²) in [6.45, 7) is 0. The molecule has 0 aliphatic heterocycles. The van der Waals surface area contributed by atoms with Crippen molar-refractivity contribution in [3.63, 3.8) is 0 Å². The fourth-order valence-electron chi connectivity index (χ4n) is 1.33. The molecule has 0 spiro atoms. The highest BCUT2D eigenvalue weighted by Crippen LogP contribution is 2.35. The lowest BCUT2D eigenvalue weighted by Gasteiger charge is -2.15. The van der Waals surface area contributed by atoms with Crippen molar-refractivity contribution in [1.82, 2.24) is 4.98 Å². The van der Waals surface area contributed by atoms with Gasteiger partial charge in [0.15, 0.2) is 5.75 Å². The van der Waals surface area contributed by atoms with Crippen LogP contribution in [0.1, 0.15) is 11.1 Å². The highest BCUT2D eigenvalue weighted by Gasteiger charge is 2.34. The van der Waals surface area contributed by atoms with E-state index < -0.39 is 12.2 Å². The quantitative estimate of drug-likeness (QED) is 0.799. The molecule has 0 saturated carbocycles. The standard InChI is InChI=1S/C10H8BrF3N2O2/c1-17-8-7(2-3-15)6(4-11)5-16-9(8)18-10(12,13)14/h5H,2,4H2,1H3. The molecule has 4 nitrogen and oxygen atoms in total. The van der Waals surface area contributed by atoms with Crippen LogP contribution < -0.4 is 9.47 Å². The first kappa shape index (κ1) is 14.6. The number of pyridine rings is 1. The third-order valence-electron chi connectivity index (χ3n) is 2.01. The van der Waals surface area contributed by atoms with Gasteiger partial charge in [0, 0.05) is 17.1 Å². The lowest BCUT2D eigenvalue weighted by molar-refractivity contribution is -0.276. The minimum absolute atomic E-state index is 0.0964. The van der Waals surface area contributed by atoms with Gasteiger partial charge in [0.1, 0.15) is 0 Å². The smallest absolute Gasteiger partial charge is 0.491 e. The normalized spacial score (nSPS) is 10.9. The van der Waals surface area contributed by atoms with E-state index in [0.717, 1.165) is 0 Å². The first-order chi connectivity index (χ1) is 8.42. The van der Waals surface area contributed by atoms with E-state index in [-0.39, 0.29) is 12.2 Å². The fourth-order valence-corrected chi connectivity index (χ4v) is 1.81. The maximum absolute atomic E-state index is 12.2. The molecule has 0 radical (unpaired) electrons. The minimum atomic E-state index is -4.86. The number of hydrogen-bond donors (Lipinski definition) is 0. The molecule has 0 aliphatic rings.